The van der Waals surface area contributed by atoms with Crippen molar-refractivity contribution >= 4 is 33.4 Å². The van der Waals surface area contributed by atoms with Gasteiger partial charge in [0.25, 0.3) is 5.56 Å². The van der Waals surface area contributed by atoms with Gasteiger partial charge in [-0.2, -0.15) is 0 Å². The first-order valence-corrected chi connectivity index (χ1v) is 12.3. The molecule has 1 aliphatic heterocycles. The molecular weight excluding hydrogens is 467 g/mol. The Morgan fingerprint density at radius 1 is 1.17 bits per heavy atom. The number of methoxy groups -OCH3 is 1. The average molecular weight is 493 g/mol. The van der Waals surface area contributed by atoms with E-state index in [1.165, 1.54) is 23.5 Å². The molecule has 2 aromatic heterocycles. The summed E-state index contributed by atoms with van der Waals surface area (Å²) >= 11 is 1.38. The van der Waals surface area contributed by atoms with Crippen LogP contribution in [0.15, 0.2) is 64.8 Å². The normalized spacial score (nSPS) is 14.3. The minimum Gasteiger partial charge on any atom is -0.497 e. The number of nitrogens with one attached hydrogen (secondary N) is 1. The van der Waals surface area contributed by atoms with Crippen LogP contribution in [0.2, 0.25) is 0 Å². The Hall–Kier alpha value is -3.72. The summed E-state index contributed by atoms with van der Waals surface area (Å²) in [6.45, 7) is 1.56. The third-order valence-corrected chi connectivity index (χ3v) is 7.19. The molecule has 0 bridgehead atoms. The third kappa shape index (κ3) is 4.77. The Labute approximate surface area is 205 Å². The summed E-state index contributed by atoms with van der Waals surface area (Å²) in [5.74, 6) is 0.783. The van der Waals surface area contributed by atoms with Gasteiger partial charge in [0.2, 0.25) is 11.9 Å². The highest BCUT2D eigenvalue weighted by Gasteiger charge is 2.28. The lowest BCUT2D eigenvalue weighted by Gasteiger charge is -2.33. The van der Waals surface area contributed by atoms with Crippen LogP contribution in [-0.2, 0) is 11.3 Å². The van der Waals surface area contributed by atoms with E-state index in [0.717, 1.165) is 5.56 Å². The highest BCUT2D eigenvalue weighted by molar-refractivity contribution is 7.17. The molecule has 7 nitrogen and oxygen atoms in total. The maximum absolute atomic E-state index is 13.4. The number of thiophene rings is 1. The van der Waals surface area contributed by atoms with E-state index in [9.17, 15) is 14.0 Å². The number of piperidine rings is 1. The summed E-state index contributed by atoms with van der Waals surface area (Å²) in [6.07, 6.45) is 1.29. The largest absolute Gasteiger partial charge is 0.497 e. The molecule has 3 heterocycles. The Bertz CT molecular complexity index is 1410. The summed E-state index contributed by atoms with van der Waals surface area (Å²) in [5, 5.41) is 4.83. The van der Waals surface area contributed by atoms with Crippen LogP contribution in [0.25, 0.3) is 15.9 Å². The van der Waals surface area contributed by atoms with E-state index in [-0.39, 0.29) is 23.2 Å². The summed E-state index contributed by atoms with van der Waals surface area (Å²) in [7, 11) is 1.59. The Kier molecular flexibility index (Phi) is 6.50. The van der Waals surface area contributed by atoms with Crippen LogP contribution in [-0.4, -0.2) is 35.7 Å². The number of ether oxygens (including phenoxy) is 1. The van der Waals surface area contributed by atoms with Gasteiger partial charge in [0.15, 0.2) is 0 Å². The zero-order valence-electron chi connectivity index (χ0n) is 19.2. The number of nitrogens with zero attached hydrogens (tertiary/aromatic N) is 3. The van der Waals surface area contributed by atoms with Gasteiger partial charge < -0.3 is 15.0 Å². The van der Waals surface area contributed by atoms with Crippen LogP contribution in [0.3, 0.4) is 0 Å². The Morgan fingerprint density at radius 3 is 2.69 bits per heavy atom. The quantitative estimate of drug-likeness (QED) is 0.438. The molecule has 5 rings (SSSR count). The molecule has 0 unspecified atom stereocenters. The van der Waals surface area contributed by atoms with E-state index in [2.05, 4.69) is 10.2 Å². The van der Waals surface area contributed by atoms with Crippen molar-refractivity contribution in [3.8, 4) is 11.4 Å². The van der Waals surface area contributed by atoms with Crippen molar-refractivity contribution in [3.05, 3.63) is 81.7 Å². The monoisotopic (exact) mass is 492 g/mol. The average Bonchev–Trinajstić information content (AvgIpc) is 3.37. The lowest BCUT2D eigenvalue weighted by molar-refractivity contribution is -0.125. The van der Waals surface area contributed by atoms with Crippen molar-refractivity contribution < 1.29 is 13.9 Å². The van der Waals surface area contributed by atoms with Crippen LogP contribution in [0.4, 0.5) is 10.3 Å². The van der Waals surface area contributed by atoms with Gasteiger partial charge >= 0.3 is 0 Å². The minimum atomic E-state index is -0.297. The molecule has 9 heteroatoms. The fraction of sp³-hybridized carbons (Fsp3) is 0.269. The van der Waals surface area contributed by atoms with Crippen LogP contribution in [0, 0.1) is 11.7 Å². The van der Waals surface area contributed by atoms with Crippen molar-refractivity contribution in [2.75, 3.05) is 25.1 Å². The van der Waals surface area contributed by atoms with E-state index < -0.39 is 0 Å². The minimum absolute atomic E-state index is 0.0135. The topological polar surface area (TPSA) is 76.5 Å². The SMILES string of the molecule is COc1cccc(-n2c(N3CCC(C(=O)NCc4ccc(F)cc4)CC3)nc3ccsc3c2=O)c1. The molecule has 1 N–H and O–H groups in total. The fourth-order valence-electron chi connectivity index (χ4n) is 4.37. The molecule has 2 aromatic carbocycles. The van der Waals surface area contributed by atoms with Crippen molar-refractivity contribution in [1.29, 1.82) is 0 Å². The number of aromatic nitrogens is 2. The molecule has 0 saturated carbocycles. The number of anilines is 1. The van der Waals surface area contributed by atoms with Gasteiger partial charge in [-0.25, -0.2) is 13.9 Å². The second-order valence-corrected chi connectivity index (χ2v) is 9.41. The van der Waals surface area contributed by atoms with Crippen LogP contribution in [0.1, 0.15) is 18.4 Å². The highest BCUT2D eigenvalue weighted by atomic mass is 32.1. The number of rotatable bonds is 6. The first kappa shape index (κ1) is 23.0. The van der Waals surface area contributed by atoms with E-state index in [1.807, 2.05) is 35.7 Å². The summed E-state index contributed by atoms with van der Waals surface area (Å²) in [6, 6.07) is 15.3. The van der Waals surface area contributed by atoms with Crippen LogP contribution >= 0.6 is 11.3 Å². The van der Waals surface area contributed by atoms with Gasteiger partial charge in [-0.15, -0.1) is 11.3 Å². The Morgan fingerprint density at radius 2 is 1.94 bits per heavy atom. The number of carbonyl (C=O) groups excluding carboxylic acids is 1. The molecule has 0 aliphatic carbocycles. The predicted octanol–water partition coefficient (Wildman–Crippen LogP) is 4.13. The zero-order chi connectivity index (χ0) is 24.4. The van der Waals surface area contributed by atoms with Gasteiger partial charge in [-0.1, -0.05) is 18.2 Å². The lowest BCUT2D eigenvalue weighted by atomic mass is 9.96. The molecule has 180 valence electrons. The maximum Gasteiger partial charge on any atom is 0.277 e. The molecule has 1 saturated heterocycles. The highest BCUT2D eigenvalue weighted by Crippen LogP contribution is 2.27. The van der Waals surface area contributed by atoms with Gasteiger partial charge in [-0.3, -0.25) is 9.59 Å². The van der Waals surface area contributed by atoms with Crippen molar-refractivity contribution in [3.63, 3.8) is 0 Å². The molecule has 1 aliphatic rings. The van der Waals surface area contributed by atoms with Gasteiger partial charge in [-0.05, 0) is 54.1 Å². The molecular formula is C26H25FN4O3S. The maximum atomic E-state index is 13.4. The number of halogens is 1. The van der Waals surface area contributed by atoms with Gasteiger partial charge in [0.1, 0.15) is 16.3 Å². The molecule has 0 spiro atoms. The van der Waals surface area contributed by atoms with Crippen molar-refractivity contribution in [2.45, 2.75) is 19.4 Å². The lowest BCUT2D eigenvalue weighted by Crippen LogP contribution is -2.42. The summed E-state index contributed by atoms with van der Waals surface area (Å²) in [5.41, 5.74) is 2.10. The first-order chi connectivity index (χ1) is 17.0. The molecule has 0 atom stereocenters. The predicted molar refractivity (Wildman–Crippen MR) is 135 cm³/mol. The number of amides is 1. The van der Waals surface area contributed by atoms with E-state index in [1.54, 1.807) is 23.8 Å². The summed E-state index contributed by atoms with van der Waals surface area (Å²) < 4.78 is 20.7. The van der Waals surface area contributed by atoms with Crippen LogP contribution in [0.5, 0.6) is 5.75 Å². The molecule has 4 aromatic rings. The second-order valence-electron chi connectivity index (χ2n) is 8.49. The molecule has 1 fully saturated rings. The number of hydrogen-bond acceptors (Lipinski definition) is 6. The standard InChI is InChI=1S/C26H25FN4O3S/c1-34-21-4-2-3-20(15-21)31-25(33)23-22(11-14-35-23)29-26(31)30-12-9-18(10-13-30)24(32)28-16-17-5-7-19(27)8-6-17/h2-8,11,14-15,18H,9-10,12-13,16H2,1H3,(H,28,32). The molecule has 35 heavy (non-hydrogen) atoms. The molecule has 0 radical (unpaired) electrons. The Balaban J connectivity index is 1.35. The smallest absolute Gasteiger partial charge is 0.277 e. The third-order valence-electron chi connectivity index (χ3n) is 6.30. The number of fused-ring (bicyclic) bond motifs is 1. The van der Waals surface area contributed by atoms with Gasteiger partial charge in [0, 0.05) is 31.6 Å². The van der Waals surface area contributed by atoms with Crippen LogP contribution < -0.4 is 20.5 Å². The van der Waals surface area contributed by atoms with E-state index in [0.29, 0.717) is 60.1 Å². The first-order valence-electron chi connectivity index (χ1n) is 11.5. The van der Waals surface area contributed by atoms with Crippen molar-refractivity contribution in [1.82, 2.24) is 14.9 Å². The van der Waals surface area contributed by atoms with E-state index in [4.69, 9.17) is 9.72 Å². The van der Waals surface area contributed by atoms with E-state index >= 15 is 0 Å². The summed E-state index contributed by atoms with van der Waals surface area (Å²) in [4.78, 5) is 33.1. The molecule has 1 amide bonds. The van der Waals surface area contributed by atoms with Gasteiger partial charge in [0.05, 0.1) is 18.3 Å². The fourth-order valence-corrected chi connectivity index (χ4v) is 5.13. The number of benzene rings is 2. The second kappa shape index (κ2) is 9.87. The zero-order valence-corrected chi connectivity index (χ0v) is 20.1. The number of carbonyl (C=O) groups is 1. The van der Waals surface area contributed by atoms with Crippen molar-refractivity contribution in [2.24, 2.45) is 5.92 Å². The number of hydrogen-bond donors (Lipinski definition) is 1.